The van der Waals surface area contributed by atoms with Crippen molar-refractivity contribution in [1.82, 2.24) is 5.32 Å². The van der Waals surface area contributed by atoms with E-state index in [4.69, 9.17) is 16.3 Å². The smallest absolute Gasteiger partial charge is 0.0507 e. The normalized spacial score (nSPS) is 28.6. The lowest BCUT2D eigenvalue weighted by Crippen LogP contribution is -2.34. The molecule has 3 heteroatoms. The minimum absolute atomic E-state index is 0.256. The number of rotatable bonds is 3. The van der Waals surface area contributed by atoms with Crippen LogP contribution in [0.15, 0.2) is 18.2 Å². The van der Waals surface area contributed by atoms with Gasteiger partial charge in [-0.2, -0.15) is 0 Å². The van der Waals surface area contributed by atoms with Gasteiger partial charge in [-0.1, -0.05) is 31.5 Å². The predicted octanol–water partition coefficient (Wildman–Crippen LogP) is 3.59. The maximum atomic E-state index is 6.16. The zero-order valence-corrected chi connectivity index (χ0v) is 12.5. The molecule has 1 N–H and O–H groups in total. The zero-order chi connectivity index (χ0) is 13.5. The summed E-state index contributed by atoms with van der Waals surface area (Å²) in [5.41, 5.74) is 3.08. The second kappa shape index (κ2) is 5.08. The molecule has 3 rings (SSSR count). The first-order chi connectivity index (χ1) is 9.06. The van der Waals surface area contributed by atoms with Crippen molar-refractivity contribution in [3.05, 3.63) is 34.3 Å². The van der Waals surface area contributed by atoms with E-state index < -0.39 is 0 Å². The average molecular weight is 280 g/mol. The Hall–Kier alpha value is -0.570. The third kappa shape index (κ3) is 2.67. The molecule has 0 radical (unpaired) electrons. The van der Waals surface area contributed by atoms with Crippen LogP contribution in [0.3, 0.4) is 0 Å². The lowest BCUT2D eigenvalue weighted by atomic mass is 9.85. The molecule has 2 nitrogen and oxygen atoms in total. The Morgan fingerprint density at radius 3 is 3.00 bits per heavy atom. The molecule has 2 atom stereocenters. The largest absolute Gasteiger partial charge is 0.381 e. The van der Waals surface area contributed by atoms with Crippen molar-refractivity contribution in [3.8, 4) is 0 Å². The molecule has 2 aliphatic rings. The van der Waals surface area contributed by atoms with Gasteiger partial charge in [-0.05, 0) is 47.4 Å². The third-order valence-electron chi connectivity index (χ3n) is 4.48. The van der Waals surface area contributed by atoms with Gasteiger partial charge in [0.25, 0.3) is 0 Å². The van der Waals surface area contributed by atoms with Gasteiger partial charge >= 0.3 is 0 Å². The Balaban J connectivity index is 1.77. The van der Waals surface area contributed by atoms with Crippen molar-refractivity contribution in [2.75, 3.05) is 19.8 Å². The summed E-state index contributed by atoms with van der Waals surface area (Å²) in [7, 11) is 0. The molecule has 1 heterocycles. The topological polar surface area (TPSA) is 21.3 Å². The van der Waals surface area contributed by atoms with E-state index in [1.54, 1.807) is 0 Å². The van der Waals surface area contributed by atoms with Gasteiger partial charge in [0.2, 0.25) is 0 Å². The first kappa shape index (κ1) is 13.4. The van der Waals surface area contributed by atoms with Gasteiger partial charge < -0.3 is 10.1 Å². The van der Waals surface area contributed by atoms with Crippen molar-refractivity contribution in [2.45, 2.75) is 32.7 Å². The number of hydrogen-bond acceptors (Lipinski definition) is 2. The van der Waals surface area contributed by atoms with Crippen LogP contribution < -0.4 is 5.32 Å². The van der Waals surface area contributed by atoms with Crippen LogP contribution >= 0.6 is 11.6 Å². The summed E-state index contributed by atoms with van der Waals surface area (Å²) in [6.45, 7) is 7.54. The minimum Gasteiger partial charge on any atom is -0.381 e. The van der Waals surface area contributed by atoms with E-state index in [2.05, 4.69) is 31.3 Å². The maximum Gasteiger partial charge on any atom is 0.0507 e. The Bertz CT molecular complexity index is 466. The summed E-state index contributed by atoms with van der Waals surface area (Å²) in [5, 5.41) is 4.60. The van der Waals surface area contributed by atoms with Gasteiger partial charge in [0, 0.05) is 24.2 Å². The summed E-state index contributed by atoms with van der Waals surface area (Å²) < 4.78 is 5.45. The molecule has 1 aromatic rings. The number of hydrogen-bond donors (Lipinski definition) is 1. The van der Waals surface area contributed by atoms with E-state index in [0.29, 0.717) is 12.0 Å². The van der Waals surface area contributed by atoms with Crippen LogP contribution in [-0.4, -0.2) is 19.8 Å². The van der Waals surface area contributed by atoms with Crippen molar-refractivity contribution in [1.29, 1.82) is 0 Å². The summed E-state index contributed by atoms with van der Waals surface area (Å²) >= 11 is 6.16. The molecule has 0 amide bonds. The van der Waals surface area contributed by atoms with Gasteiger partial charge in [-0.25, -0.2) is 0 Å². The molecule has 1 aromatic carbocycles. The molecule has 1 saturated heterocycles. The Morgan fingerprint density at radius 1 is 1.42 bits per heavy atom. The van der Waals surface area contributed by atoms with Crippen molar-refractivity contribution >= 4 is 11.6 Å². The van der Waals surface area contributed by atoms with Gasteiger partial charge in [0.15, 0.2) is 0 Å². The summed E-state index contributed by atoms with van der Waals surface area (Å²) in [6, 6.07) is 6.72. The minimum atomic E-state index is 0.256. The molecular weight excluding hydrogens is 258 g/mol. The first-order valence-corrected chi connectivity index (χ1v) is 7.53. The Labute approximate surface area is 120 Å². The van der Waals surface area contributed by atoms with E-state index in [-0.39, 0.29) is 5.41 Å². The van der Waals surface area contributed by atoms with E-state index in [9.17, 15) is 0 Å². The second-order valence-corrected chi connectivity index (χ2v) is 7.02. The number of fused-ring (bicyclic) bond motifs is 1. The molecule has 0 saturated carbocycles. The van der Waals surface area contributed by atoms with Crippen LogP contribution in [0.2, 0.25) is 5.02 Å². The molecule has 2 unspecified atom stereocenters. The van der Waals surface area contributed by atoms with Crippen molar-refractivity contribution in [3.63, 3.8) is 0 Å². The summed E-state index contributed by atoms with van der Waals surface area (Å²) in [5.74, 6) is 0.666. The van der Waals surface area contributed by atoms with Crippen LogP contribution in [0.1, 0.15) is 37.4 Å². The maximum absolute atomic E-state index is 6.16. The fourth-order valence-electron chi connectivity index (χ4n) is 3.42. The van der Waals surface area contributed by atoms with E-state index in [1.165, 1.54) is 17.5 Å². The molecule has 0 aromatic heterocycles. The van der Waals surface area contributed by atoms with Gasteiger partial charge in [-0.3, -0.25) is 0 Å². The van der Waals surface area contributed by atoms with E-state index >= 15 is 0 Å². The number of halogens is 1. The van der Waals surface area contributed by atoms with Crippen LogP contribution in [0.25, 0.3) is 0 Å². The fourth-order valence-corrected chi connectivity index (χ4v) is 3.61. The quantitative estimate of drug-likeness (QED) is 0.913. The predicted molar refractivity (Wildman–Crippen MR) is 78.6 cm³/mol. The number of ether oxygens (including phenoxy) is 1. The summed E-state index contributed by atoms with van der Waals surface area (Å²) in [6.07, 6.45) is 2.31. The fraction of sp³-hybridized carbons (Fsp3) is 0.625. The molecular formula is C16H22ClNO. The Morgan fingerprint density at radius 2 is 2.26 bits per heavy atom. The van der Waals surface area contributed by atoms with E-state index in [0.717, 1.165) is 31.2 Å². The van der Waals surface area contributed by atoms with Crippen molar-refractivity contribution < 1.29 is 4.74 Å². The molecule has 19 heavy (non-hydrogen) atoms. The highest BCUT2D eigenvalue weighted by atomic mass is 35.5. The molecule has 0 spiro atoms. The summed E-state index contributed by atoms with van der Waals surface area (Å²) in [4.78, 5) is 0. The number of nitrogens with one attached hydrogen (secondary N) is 1. The third-order valence-corrected chi connectivity index (χ3v) is 4.72. The molecule has 0 bridgehead atoms. The number of benzene rings is 1. The molecule has 1 fully saturated rings. The first-order valence-electron chi connectivity index (χ1n) is 7.16. The second-order valence-electron chi connectivity index (χ2n) is 6.58. The average Bonchev–Trinajstić information content (AvgIpc) is 2.92. The zero-order valence-electron chi connectivity index (χ0n) is 11.7. The highest BCUT2D eigenvalue weighted by molar-refractivity contribution is 6.30. The van der Waals surface area contributed by atoms with Gasteiger partial charge in [-0.15, -0.1) is 0 Å². The highest BCUT2D eigenvalue weighted by Crippen LogP contribution is 2.45. The van der Waals surface area contributed by atoms with Crippen LogP contribution in [0.4, 0.5) is 0 Å². The lowest BCUT2D eigenvalue weighted by molar-refractivity contribution is 0.181. The van der Waals surface area contributed by atoms with Crippen LogP contribution in [0, 0.1) is 11.3 Å². The molecule has 1 aliphatic carbocycles. The Kier molecular flexibility index (Phi) is 3.59. The highest BCUT2D eigenvalue weighted by Gasteiger charge is 2.39. The van der Waals surface area contributed by atoms with Crippen molar-refractivity contribution in [2.24, 2.45) is 11.3 Å². The standard InChI is InChI=1S/C16H22ClNO/c1-16(2)8-12-3-4-13(17)7-14(12)15(16)18-9-11-5-6-19-10-11/h3-4,7,11,15,18H,5-6,8-10H2,1-2H3. The lowest BCUT2D eigenvalue weighted by Gasteiger charge is -2.29. The molecule has 104 valence electrons. The van der Waals surface area contributed by atoms with Gasteiger partial charge in [0.1, 0.15) is 0 Å². The van der Waals surface area contributed by atoms with E-state index in [1.807, 2.05) is 6.07 Å². The van der Waals surface area contributed by atoms with Gasteiger partial charge in [0.05, 0.1) is 6.61 Å². The molecule has 1 aliphatic heterocycles. The van der Waals surface area contributed by atoms with Crippen LogP contribution in [-0.2, 0) is 11.2 Å². The van der Waals surface area contributed by atoms with Crippen LogP contribution in [0.5, 0.6) is 0 Å². The monoisotopic (exact) mass is 279 g/mol. The SMILES string of the molecule is CC1(C)Cc2ccc(Cl)cc2C1NCC1CCOC1.